The molecule has 0 aliphatic carbocycles. The maximum atomic E-state index is 11.1. The van der Waals surface area contributed by atoms with Gasteiger partial charge in [0.15, 0.2) is 12.4 Å². The molecule has 0 aliphatic rings. The van der Waals surface area contributed by atoms with E-state index in [1.807, 2.05) is 30.3 Å². The SMILES string of the molecule is Cc1onc(-c2ccccc2)c1-c1nnc(COc2ccccc2[N+](=O)[O-])o1. The number of para-hydroxylation sites is 2. The summed E-state index contributed by atoms with van der Waals surface area (Å²) in [6.07, 6.45) is 0. The first-order valence-corrected chi connectivity index (χ1v) is 8.34. The second kappa shape index (κ2) is 7.31. The van der Waals surface area contributed by atoms with Crippen molar-refractivity contribution in [2.75, 3.05) is 0 Å². The van der Waals surface area contributed by atoms with Gasteiger partial charge in [0.05, 0.1) is 4.92 Å². The molecule has 9 nitrogen and oxygen atoms in total. The van der Waals surface area contributed by atoms with Crippen molar-refractivity contribution in [3.05, 3.63) is 76.4 Å². The zero-order valence-corrected chi connectivity index (χ0v) is 14.7. The molecular weight excluding hydrogens is 364 g/mol. The van der Waals surface area contributed by atoms with E-state index in [4.69, 9.17) is 13.7 Å². The summed E-state index contributed by atoms with van der Waals surface area (Å²) in [6, 6.07) is 15.6. The number of ether oxygens (including phenoxy) is 1. The lowest BCUT2D eigenvalue weighted by Gasteiger charge is -2.03. The minimum absolute atomic E-state index is 0.108. The minimum Gasteiger partial charge on any atom is -0.477 e. The second-order valence-corrected chi connectivity index (χ2v) is 5.84. The van der Waals surface area contributed by atoms with Gasteiger partial charge in [0, 0.05) is 11.6 Å². The Bertz CT molecular complexity index is 1120. The molecule has 0 fully saturated rings. The van der Waals surface area contributed by atoms with Crippen LogP contribution in [-0.4, -0.2) is 20.3 Å². The van der Waals surface area contributed by atoms with E-state index < -0.39 is 4.92 Å². The van der Waals surface area contributed by atoms with E-state index in [9.17, 15) is 10.1 Å². The Morgan fingerprint density at radius 2 is 1.82 bits per heavy atom. The number of aryl methyl sites for hydroxylation is 1. The van der Waals surface area contributed by atoms with Gasteiger partial charge >= 0.3 is 5.69 Å². The molecule has 0 spiro atoms. The Kier molecular flexibility index (Phi) is 4.55. The van der Waals surface area contributed by atoms with E-state index in [1.54, 1.807) is 19.1 Å². The maximum Gasteiger partial charge on any atom is 0.310 e. The molecule has 0 aliphatic heterocycles. The predicted octanol–water partition coefficient (Wildman–Crippen LogP) is 4.19. The van der Waals surface area contributed by atoms with Crippen LogP contribution >= 0.6 is 0 Å². The predicted molar refractivity (Wildman–Crippen MR) is 97.4 cm³/mol. The number of benzene rings is 2. The number of nitro groups is 1. The molecular formula is C19H14N4O5. The second-order valence-electron chi connectivity index (χ2n) is 5.84. The van der Waals surface area contributed by atoms with Gasteiger partial charge < -0.3 is 13.7 Å². The highest BCUT2D eigenvalue weighted by atomic mass is 16.6. The lowest BCUT2D eigenvalue weighted by Crippen LogP contribution is -1.99. The van der Waals surface area contributed by atoms with E-state index in [0.29, 0.717) is 17.0 Å². The molecule has 2 aromatic carbocycles. The Morgan fingerprint density at radius 1 is 1.07 bits per heavy atom. The molecule has 4 aromatic rings. The molecule has 2 heterocycles. The summed E-state index contributed by atoms with van der Waals surface area (Å²) in [5.74, 6) is 1.07. The highest BCUT2D eigenvalue weighted by Gasteiger charge is 2.22. The molecule has 9 heteroatoms. The van der Waals surface area contributed by atoms with E-state index in [2.05, 4.69) is 15.4 Å². The molecule has 140 valence electrons. The fraction of sp³-hybridized carbons (Fsp3) is 0.105. The molecule has 28 heavy (non-hydrogen) atoms. The average Bonchev–Trinajstić information content (AvgIpc) is 3.33. The summed E-state index contributed by atoms with van der Waals surface area (Å²) in [5, 5.41) is 23.1. The summed E-state index contributed by atoms with van der Waals surface area (Å²) in [6.45, 7) is 1.64. The van der Waals surface area contributed by atoms with Crippen LogP contribution in [0.25, 0.3) is 22.7 Å². The van der Waals surface area contributed by atoms with E-state index in [1.165, 1.54) is 12.1 Å². The van der Waals surface area contributed by atoms with Gasteiger partial charge in [-0.3, -0.25) is 10.1 Å². The third-order valence-electron chi connectivity index (χ3n) is 4.00. The van der Waals surface area contributed by atoms with Crippen molar-refractivity contribution in [1.29, 1.82) is 0 Å². The quantitative estimate of drug-likeness (QED) is 0.362. The number of aromatic nitrogens is 3. The summed E-state index contributed by atoms with van der Waals surface area (Å²) >= 11 is 0. The first-order valence-electron chi connectivity index (χ1n) is 8.34. The molecule has 0 N–H and O–H groups in total. The highest BCUT2D eigenvalue weighted by molar-refractivity contribution is 5.77. The molecule has 2 aromatic heterocycles. The Morgan fingerprint density at radius 3 is 2.61 bits per heavy atom. The highest BCUT2D eigenvalue weighted by Crippen LogP contribution is 2.33. The number of nitro benzene ring substituents is 1. The van der Waals surface area contributed by atoms with Crippen molar-refractivity contribution in [2.45, 2.75) is 13.5 Å². The third-order valence-corrected chi connectivity index (χ3v) is 4.00. The van der Waals surface area contributed by atoms with Crippen LogP contribution in [0, 0.1) is 17.0 Å². The Balaban J connectivity index is 1.58. The number of rotatable bonds is 6. The molecule has 0 saturated heterocycles. The van der Waals surface area contributed by atoms with Crippen LogP contribution in [0.15, 0.2) is 63.5 Å². The molecule has 4 rings (SSSR count). The van der Waals surface area contributed by atoms with Crippen LogP contribution in [-0.2, 0) is 6.61 Å². The largest absolute Gasteiger partial charge is 0.477 e. The fourth-order valence-electron chi connectivity index (χ4n) is 2.70. The summed E-state index contributed by atoms with van der Waals surface area (Å²) in [7, 11) is 0. The molecule has 0 radical (unpaired) electrons. The maximum absolute atomic E-state index is 11.1. The van der Waals surface area contributed by atoms with Crippen molar-refractivity contribution in [3.8, 4) is 28.5 Å². The van der Waals surface area contributed by atoms with Crippen LogP contribution in [0.2, 0.25) is 0 Å². The molecule has 0 unspecified atom stereocenters. The lowest BCUT2D eigenvalue weighted by atomic mass is 10.1. The smallest absolute Gasteiger partial charge is 0.310 e. The third kappa shape index (κ3) is 3.32. The van der Waals surface area contributed by atoms with Gasteiger partial charge in [-0.15, -0.1) is 10.2 Å². The minimum atomic E-state index is -0.513. The van der Waals surface area contributed by atoms with Gasteiger partial charge in [0.25, 0.3) is 11.8 Å². The van der Waals surface area contributed by atoms with Gasteiger partial charge in [-0.2, -0.15) is 0 Å². The van der Waals surface area contributed by atoms with Gasteiger partial charge in [0.2, 0.25) is 0 Å². The topological polar surface area (TPSA) is 117 Å². The Hall–Kier alpha value is -4.01. The van der Waals surface area contributed by atoms with Crippen LogP contribution in [0.5, 0.6) is 5.75 Å². The van der Waals surface area contributed by atoms with Gasteiger partial charge in [-0.1, -0.05) is 47.6 Å². The first kappa shape index (κ1) is 17.4. The number of hydrogen-bond acceptors (Lipinski definition) is 8. The summed E-state index contributed by atoms with van der Waals surface area (Å²) in [5.41, 5.74) is 1.90. The number of nitrogens with zero attached hydrogens (tertiary/aromatic N) is 4. The normalized spacial score (nSPS) is 10.8. The molecule has 0 atom stereocenters. The van der Waals surface area contributed by atoms with Crippen molar-refractivity contribution in [2.24, 2.45) is 0 Å². The van der Waals surface area contributed by atoms with E-state index in [-0.39, 0.29) is 29.8 Å². The fourth-order valence-corrected chi connectivity index (χ4v) is 2.70. The van der Waals surface area contributed by atoms with Crippen LogP contribution < -0.4 is 4.74 Å². The van der Waals surface area contributed by atoms with Crippen molar-refractivity contribution in [3.63, 3.8) is 0 Å². The summed E-state index contributed by atoms with van der Waals surface area (Å²) in [4.78, 5) is 10.5. The monoisotopic (exact) mass is 378 g/mol. The molecule has 0 saturated carbocycles. The zero-order chi connectivity index (χ0) is 19.5. The van der Waals surface area contributed by atoms with Gasteiger partial charge in [-0.25, -0.2) is 0 Å². The van der Waals surface area contributed by atoms with Crippen molar-refractivity contribution in [1.82, 2.24) is 15.4 Å². The standard InChI is InChI=1S/C19H14N4O5/c1-12-17(18(22-28-12)13-7-3-2-4-8-13)19-21-20-16(27-19)11-26-15-10-6-5-9-14(15)23(24)25/h2-10H,11H2,1H3. The Labute approximate surface area is 158 Å². The van der Waals surface area contributed by atoms with Crippen LogP contribution in [0.4, 0.5) is 5.69 Å². The first-order chi connectivity index (χ1) is 13.6. The summed E-state index contributed by atoms with van der Waals surface area (Å²) < 4.78 is 16.5. The van der Waals surface area contributed by atoms with E-state index >= 15 is 0 Å². The molecule has 0 amide bonds. The van der Waals surface area contributed by atoms with Gasteiger partial charge in [0.1, 0.15) is 17.0 Å². The van der Waals surface area contributed by atoms with Crippen LogP contribution in [0.1, 0.15) is 11.7 Å². The van der Waals surface area contributed by atoms with Crippen LogP contribution in [0.3, 0.4) is 0 Å². The number of hydrogen-bond donors (Lipinski definition) is 0. The van der Waals surface area contributed by atoms with Crippen molar-refractivity contribution >= 4 is 5.69 Å². The van der Waals surface area contributed by atoms with Crippen molar-refractivity contribution < 1.29 is 18.6 Å². The molecule has 0 bridgehead atoms. The zero-order valence-electron chi connectivity index (χ0n) is 14.7. The lowest BCUT2D eigenvalue weighted by molar-refractivity contribution is -0.386. The van der Waals surface area contributed by atoms with Gasteiger partial charge in [-0.05, 0) is 13.0 Å². The van der Waals surface area contributed by atoms with E-state index in [0.717, 1.165) is 5.56 Å². The average molecular weight is 378 g/mol.